The number of carbonyl (C=O) groups excluding carboxylic acids is 1. The van der Waals surface area contributed by atoms with Gasteiger partial charge in [-0.2, -0.15) is 5.10 Å². The van der Waals surface area contributed by atoms with E-state index in [1.54, 1.807) is 24.0 Å². The molecule has 0 atom stereocenters. The normalized spacial score (nSPS) is 10.5. The number of carbonyl (C=O) groups is 1. The van der Waals surface area contributed by atoms with Crippen LogP contribution in [0.25, 0.3) is 11.6 Å². The van der Waals surface area contributed by atoms with E-state index in [9.17, 15) is 9.18 Å². The predicted molar refractivity (Wildman–Crippen MR) is 77.0 cm³/mol. The van der Waals surface area contributed by atoms with E-state index in [4.69, 9.17) is 9.15 Å². The van der Waals surface area contributed by atoms with Crippen LogP contribution in [0.15, 0.2) is 40.9 Å². The molecule has 0 fully saturated rings. The summed E-state index contributed by atoms with van der Waals surface area (Å²) in [5, 5.41) is 14.0. The molecule has 23 heavy (non-hydrogen) atoms. The van der Waals surface area contributed by atoms with Crippen molar-refractivity contribution in [3.63, 3.8) is 0 Å². The average Bonchev–Trinajstić information content (AvgIpc) is 3.15. The molecule has 0 spiro atoms. The fraction of sp³-hybridized carbons (Fsp3) is 0.143. The van der Waals surface area contributed by atoms with Gasteiger partial charge in [-0.3, -0.25) is 14.8 Å². The summed E-state index contributed by atoms with van der Waals surface area (Å²) >= 11 is 0. The van der Waals surface area contributed by atoms with E-state index in [0.29, 0.717) is 11.4 Å². The van der Waals surface area contributed by atoms with Gasteiger partial charge < -0.3 is 9.15 Å². The molecule has 118 valence electrons. The maximum atomic E-state index is 12.8. The number of benzene rings is 1. The van der Waals surface area contributed by atoms with Crippen molar-refractivity contribution in [2.75, 3.05) is 11.9 Å². The van der Waals surface area contributed by atoms with Crippen LogP contribution in [0.4, 0.5) is 10.4 Å². The molecule has 9 heteroatoms. The second kappa shape index (κ2) is 6.26. The van der Waals surface area contributed by atoms with E-state index >= 15 is 0 Å². The molecular formula is C14H12FN5O3. The number of rotatable bonds is 5. The highest BCUT2D eigenvalue weighted by atomic mass is 19.1. The number of nitrogens with zero attached hydrogens (tertiary/aromatic N) is 4. The van der Waals surface area contributed by atoms with Gasteiger partial charge in [0.05, 0.1) is 0 Å². The Bertz CT molecular complexity index is 812. The monoisotopic (exact) mass is 317 g/mol. The van der Waals surface area contributed by atoms with Crippen molar-refractivity contribution in [2.24, 2.45) is 7.05 Å². The van der Waals surface area contributed by atoms with Gasteiger partial charge in [-0.1, -0.05) is 5.10 Å². The van der Waals surface area contributed by atoms with Gasteiger partial charge in [0.2, 0.25) is 0 Å². The van der Waals surface area contributed by atoms with E-state index < -0.39 is 5.91 Å². The van der Waals surface area contributed by atoms with Crippen LogP contribution >= 0.6 is 0 Å². The zero-order chi connectivity index (χ0) is 16.2. The second-order valence-corrected chi connectivity index (χ2v) is 4.54. The van der Waals surface area contributed by atoms with Crippen LogP contribution in [0.5, 0.6) is 5.75 Å². The Kier molecular flexibility index (Phi) is 4.00. The molecule has 3 aromatic rings. The van der Waals surface area contributed by atoms with E-state index in [-0.39, 0.29) is 24.3 Å². The van der Waals surface area contributed by atoms with Crippen molar-refractivity contribution in [1.82, 2.24) is 20.0 Å². The van der Waals surface area contributed by atoms with Crippen LogP contribution in [-0.2, 0) is 11.8 Å². The lowest BCUT2D eigenvalue weighted by Gasteiger charge is -2.04. The van der Waals surface area contributed by atoms with Crippen LogP contribution in [0.1, 0.15) is 0 Å². The van der Waals surface area contributed by atoms with Crippen LogP contribution in [0.2, 0.25) is 0 Å². The summed E-state index contributed by atoms with van der Waals surface area (Å²) in [7, 11) is 1.73. The van der Waals surface area contributed by atoms with Gasteiger partial charge in [-0.05, 0) is 30.3 Å². The number of amides is 1. The molecule has 0 radical (unpaired) electrons. The fourth-order valence-corrected chi connectivity index (χ4v) is 1.80. The molecule has 1 N–H and O–H groups in total. The number of nitrogens with one attached hydrogen (secondary N) is 1. The maximum absolute atomic E-state index is 12.8. The van der Waals surface area contributed by atoms with Crippen LogP contribution in [-0.4, -0.2) is 32.5 Å². The Morgan fingerprint density at radius 2 is 2.09 bits per heavy atom. The SMILES string of the molecule is Cn1nccc1-c1nnc(NC(=O)COc2ccc(F)cc2)o1. The molecule has 3 rings (SSSR count). The van der Waals surface area contributed by atoms with Crippen molar-refractivity contribution in [3.8, 4) is 17.3 Å². The minimum Gasteiger partial charge on any atom is -0.484 e. The van der Waals surface area contributed by atoms with Crippen LogP contribution in [0.3, 0.4) is 0 Å². The molecule has 0 saturated heterocycles. The van der Waals surface area contributed by atoms with Crippen LogP contribution < -0.4 is 10.1 Å². The fourth-order valence-electron chi connectivity index (χ4n) is 1.80. The summed E-state index contributed by atoms with van der Waals surface area (Å²) in [6.45, 7) is -0.269. The lowest BCUT2D eigenvalue weighted by Crippen LogP contribution is -2.20. The second-order valence-electron chi connectivity index (χ2n) is 4.54. The lowest BCUT2D eigenvalue weighted by molar-refractivity contribution is -0.118. The van der Waals surface area contributed by atoms with Crippen molar-refractivity contribution < 1.29 is 18.3 Å². The molecule has 0 aliphatic carbocycles. The van der Waals surface area contributed by atoms with E-state index in [2.05, 4.69) is 20.6 Å². The largest absolute Gasteiger partial charge is 0.484 e. The minimum atomic E-state index is -0.477. The Balaban J connectivity index is 1.57. The molecular weight excluding hydrogens is 305 g/mol. The van der Waals surface area contributed by atoms with Crippen molar-refractivity contribution in [3.05, 3.63) is 42.3 Å². The Hall–Kier alpha value is -3.23. The third-order valence-electron chi connectivity index (χ3n) is 2.89. The highest BCUT2D eigenvalue weighted by molar-refractivity contribution is 5.89. The molecule has 1 aromatic carbocycles. The average molecular weight is 317 g/mol. The first-order chi connectivity index (χ1) is 11.1. The van der Waals surface area contributed by atoms with E-state index in [1.165, 1.54) is 24.3 Å². The van der Waals surface area contributed by atoms with Crippen molar-refractivity contribution in [1.29, 1.82) is 0 Å². The summed E-state index contributed by atoms with van der Waals surface area (Å²) in [6, 6.07) is 6.99. The summed E-state index contributed by atoms with van der Waals surface area (Å²) < 4.78 is 24.9. The van der Waals surface area contributed by atoms with Gasteiger partial charge in [0.1, 0.15) is 17.3 Å². The molecule has 2 heterocycles. The molecule has 0 bridgehead atoms. The Morgan fingerprint density at radius 1 is 1.30 bits per heavy atom. The highest BCUT2D eigenvalue weighted by Crippen LogP contribution is 2.18. The quantitative estimate of drug-likeness (QED) is 0.768. The highest BCUT2D eigenvalue weighted by Gasteiger charge is 2.14. The number of hydrogen-bond acceptors (Lipinski definition) is 6. The predicted octanol–water partition coefficient (Wildman–Crippen LogP) is 1.63. The first-order valence-corrected chi connectivity index (χ1v) is 6.62. The number of aryl methyl sites for hydroxylation is 1. The third kappa shape index (κ3) is 3.51. The van der Waals surface area contributed by atoms with E-state index in [1.807, 2.05) is 0 Å². The smallest absolute Gasteiger partial charge is 0.322 e. The first-order valence-electron chi connectivity index (χ1n) is 6.62. The first kappa shape index (κ1) is 14.7. The Morgan fingerprint density at radius 3 is 2.78 bits per heavy atom. The van der Waals surface area contributed by atoms with Gasteiger partial charge in [0.25, 0.3) is 11.8 Å². The van der Waals surface area contributed by atoms with Gasteiger partial charge in [-0.25, -0.2) is 4.39 Å². The number of aromatic nitrogens is 4. The zero-order valence-corrected chi connectivity index (χ0v) is 12.1. The molecule has 0 unspecified atom stereocenters. The molecule has 1 amide bonds. The summed E-state index contributed by atoms with van der Waals surface area (Å²) in [5.41, 5.74) is 0.626. The molecule has 0 saturated carbocycles. The lowest BCUT2D eigenvalue weighted by atomic mass is 10.3. The summed E-state index contributed by atoms with van der Waals surface area (Å²) in [4.78, 5) is 11.8. The maximum Gasteiger partial charge on any atom is 0.322 e. The molecule has 2 aromatic heterocycles. The molecule has 0 aliphatic rings. The Labute approximate surface area is 129 Å². The van der Waals surface area contributed by atoms with Gasteiger partial charge in [0, 0.05) is 13.2 Å². The number of hydrogen-bond donors (Lipinski definition) is 1. The standard InChI is InChI=1S/C14H12FN5O3/c1-20-11(6-7-16-20)13-18-19-14(23-13)17-12(21)8-22-10-4-2-9(15)3-5-10/h2-7H,8H2,1H3,(H,17,19,21). The molecule has 8 nitrogen and oxygen atoms in total. The van der Waals surface area contributed by atoms with E-state index in [0.717, 1.165) is 0 Å². The topological polar surface area (TPSA) is 95.1 Å². The van der Waals surface area contributed by atoms with Gasteiger partial charge in [-0.15, -0.1) is 5.10 Å². The number of ether oxygens (including phenoxy) is 1. The van der Waals surface area contributed by atoms with Crippen molar-refractivity contribution in [2.45, 2.75) is 0 Å². The minimum absolute atomic E-state index is 0.0473. The summed E-state index contributed by atoms with van der Waals surface area (Å²) in [5.74, 6) is -0.243. The van der Waals surface area contributed by atoms with Crippen molar-refractivity contribution >= 4 is 11.9 Å². The number of halogens is 1. The third-order valence-corrected chi connectivity index (χ3v) is 2.89. The number of anilines is 1. The van der Waals surface area contributed by atoms with Gasteiger partial charge in [0.15, 0.2) is 6.61 Å². The van der Waals surface area contributed by atoms with Gasteiger partial charge >= 0.3 is 6.01 Å². The summed E-state index contributed by atoms with van der Waals surface area (Å²) in [6.07, 6.45) is 1.59. The molecule has 0 aliphatic heterocycles. The van der Waals surface area contributed by atoms with Crippen LogP contribution in [0, 0.1) is 5.82 Å². The zero-order valence-electron chi connectivity index (χ0n) is 12.1.